The van der Waals surface area contributed by atoms with Crippen molar-refractivity contribution in [3.63, 3.8) is 0 Å². The molecule has 3 rings (SSSR count). The maximum atomic E-state index is 12.0. The van der Waals surface area contributed by atoms with Gasteiger partial charge in [-0.2, -0.15) is 13.2 Å². The van der Waals surface area contributed by atoms with Gasteiger partial charge >= 0.3 is 6.18 Å². The zero-order valence-corrected chi connectivity index (χ0v) is 19.1. The lowest BCUT2D eigenvalue weighted by molar-refractivity contribution is -0.141. The first-order valence-electron chi connectivity index (χ1n) is 10.1. The number of nitrogens with zero attached hydrogens (tertiary/aromatic N) is 2. The number of nitrogen functional groups attached to an aromatic ring is 1. The van der Waals surface area contributed by atoms with Crippen LogP contribution in [0.4, 0.5) is 19.0 Å². The van der Waals surface area contributed by atoms with E-state index in [2.05, 4.69) is 28.5 Å². The number of benzene rings is 1. The van der Waals surface area contributed by atoms with Crippen molar-refractivity contribution in [2.75, 3.05) is 18.9 Å². The number of hydrogen-bond donors (Lipinski definition) is 4. The number of nitrogens with one attached hydrogen (secondary N) is 1. The Morgan fingerprint density at radius 1 is 1.18 bits per heavy atom. The predicted molar refractivity (Wildman–Crippen MR) is 115 cm³/mol. The van der Waals surface area contributed by atoms with E-state index in [4.69, 9.17) is 10.5 Å². The number of aliphatic hydroxyl groups is 2. The summed E-state index contributed by atoms with van der Waals surface area (Å²) in [4.78, 5) is 6.43. The molecule has 2 aromatic rings. The van der Waals surface area contributed by atoms with Crippen molar-refractivity contribution in [1.29, 1.82) is 0 Å². The van der Waals surface area contributed by atoms with E-state index in [-0.39, 0.29) is 17.3 Å². The molecule has 5 N–H and O–H groups in total. The van der Waals surface area contributed by atoms with Crippen LogP contribution in [-0.2, 0) is 20.9 Å². The molecule has 1 aliphatic heterocycles. The van der Waals surface area contributed by atoms with Crippen molar-refractivity contribution in [1.82, 2.24) is 14.7 Å². The lowest BCUT2D eigenvalue weighted by Gasteiger charge is -2.31. The Hall–Kier alpha value is -2.32. The number of nitrogens with two attached hydrogens (primary N) is 1. The molecule has 0 radical (unpaired) electrons. The molecule has 0 amide bonds. The summed E-state index contributed by atoms with van der Waals surface area (Å²) in [6.07, 6.45) is -3.88. The Kier molecular flexibility index (Phi) is 11.7. The molecule has 0 aliphatic carbocycles. The lowest BCUT2D eigenvalue weighted by atomic mass is 10.0. The molecule has 13 heteroatoms. The Morgan fingerprint density at radius 2 is 1.79 bits per heavy atom. The normalized spacial score (nSPS) is 20.6. The number of anilines is 1. The molecular weight excluding hydrogens is 465 g/mol. The number of aliphatic hydroxyl groups excluding tert-OH is 2. The molecule has 186 valence electrons. The minimum Gasteiger partial charge on any atom is -0.390 e. The third kappa shape index (κ3) is 10.0. The highest BCUT2D eigenvalue weighted by molar-refractivity contribution is 7.89. The van der Waals surface area contributed by atoms with Gasteiger partial charge in [0.15, 0.2) is 5.69 Å². The zero-order valence-electron chi connectivity index (χ0n) is 18.2. The van der Waals surface area contributed by atoms with Crippen LogP contribution in [0.2, 0.25) is 0 Å². The van der Waals surface area contributed by atoms with Crippen LogP contribution >= 0.6 is 0 Å². The third-order valence-electron chi connectivity index (χ3n) is 3.99. The van der Waals surface area contributed by atoms with E-state index >= 15 is 0 Å². The molecule has 0 saturated carbocycles. The van der Waals surface area contributed by atoms with Gasteiger partial charge in [-0.1, -0.05) is 38.5 Å². The van der Waals surface area contributed by atoms with Crippen LogP contribution in [0.3, 0.4) is 0 Å². The van der Waals surface area contributed by atoms with Crippen LogP contribution in [0, 0.1) is 0 Å². The number of sulfonamides is 1. The number of hydrogen-bond acceptors (Lipinski definition) is 8. The average Bonchev–Trinajstić information content (AvgIpc) is 2.76. The van der Waals surface area contributed by atoms with Gasteiger partial charge in [0.1, 0.15) is 11.9 Å². The monoisotopic (exact) mass is 494 g/mol. The third-order valence-corrected chi connectivity index (χ3v) is 5.43. The summed E-state index contributed by atoms with van der Waals surface area (Å²) >= 11 is 0. The predicted octanol–water partition coefficient (Wildman–Crippen LogP) is 1.97. The highest BCUT2D eigenvalue weighted by Gasteiger charge is 2.33. The standard InChI is InChI=1S/C12H17NO5S.C5H4F3N3.C3H8/c14-10-6-7-18-11(12(10)15)8-13-19(16,17)9-4-2-1-3-5-9;6-5(7,8)3-1-10-2-4(9)11-3;1-3-2/h1-5,10-15H,6-8H2;1-2H,(H2,9,11);3H2,1-2H3. The first kappa shape index (κ1) is 28.7. The smallest absolute Gasteiger partial charge is 0.390 e. The number of alkyl halides is 3. The molecule has 3 unspecified atom stereocenters. The summed E-state index contributed by atoms with van der Waals surface area (Å²) in [6.45, 7) is 4.48. The van der Waals surface area contributed by atoms with Gasteiger partial charge < -0.3 is 20.7 Å². The molecule has 0 bridgehead atoms. The summed E-state index contributed by atoms with van der Waals surface area (Å²) in [7, 11) is -3.62. The zero-order chi connectivity index (χ0) is 25.1. The second kappa shape index (κ2) is 13.4. The first-order chi connectivity index (χ1) is 15.4. The van der Waals surface area contributed by atoms with Crippen LogP contribution in [0.15, 0.2) is 47.6 Å². The number of rotatable bonds is 4. The van der Waals surface area contributed by atoms with Crippen LogP contribution < -0.4 is 10.5 Å². The van der Waals surface area contributed by atoms with Gasteiger partial charge in [-0.05, 0) is 18.6 Å². The number of aromatic nitrogens is 2. The molecule has 0 spiro atoms. The van der Waals surface area contributed by atoms with E-state index in [0.717, 1.165) is 6.20 Å². The number of ether oxygens (including phenoxy) is 1. The summed E-state index contributed by atoms with van der Waals surface area (Å²) in [6, 6.07) is 7.95. The van der Waals surface area contributed by atoms with Crippen LogP contribution in [0.25, 0.3) is 0 Å². The second-order valence-corrected chi connectivity index (χ2v) is 8.72. The maximum absolute atomic E-state index is 12.0. The average molecular weight is 495 g/mol. The van der Waals surface area contributed by atoms with Gasteiger partial charge in [-0.15, -0.1) is 0 Å². The minimum atomic E-state index is -4.47. The fourth-order valence-electron chi connectivity index (χ4n) is 2.43. The van der Waals surface area contributed by atoms with Crippen molar-refractivity contribution >= 4 is 15.8 Å². The Balaban J connectivity index is 0.000000329. The number of halogens is 3. The largest absolute Gasteiger partial charge is 0.434 e. The second-order valence-electron chi connectivity index (χ2n) is 6.95. The molecule has 1 saturated heterocycles. The van der Waals surface area contributed by atoms with Crippen molar-refractivity contribution < 1.29 is 36.5 Å². The Labute approximate surface area is 190 Å². The van der Waals surface area contributed by atoms with Crippen LogP contribution in [0.5, 0.6) is 0 Å². The summed E-state index contributed by atoms with van der Waals surface area (Å²) in [5, 5.41) is 19.2. The van der Waals surface area contributed by atoms with E-state index in [9.17, 15) is 31.8 Å². The fourth-order valence-corrected chi connectivity index (χ4v) is 3.50. The molecule has 1 fully saturated rings. The van der Waals surface area contributed by atoms with Gasteiger partial charge in [-0.3, -0.25) is 4.98 Å². The van der Waals surface area contributed by atoms with Gasteiger partial charge in [0.25, 0.3) is 0 Å². The van der Waals surface area contributed by atoms with E-state index in [1.165, 1.54) is 18.6 Å². The van der Waals surface area contributed by atoms with Crippen LogP contribution in [0.1, 0.15) is 32.4 Å². The van der Waals surface area contributed by atoms with E-state index in [0.29, 0.717) is 19.2 Å². The fraction of sp³-hybridized carbons (Fsp3) is 0.500. The molecule has 33 heavy (non-hydrogen) atoms. The van der Waals surface area contributed by atoms with Gasteiger partial charge in [0.05, 0.1) is 29.5 Å². The summed E-state index contributed by atoms with van der Waals surface area (Å²) < 4.78 is 67.0. The molecule has 9 nitrogen and oxygen atoms in total. The molecule has 1 aromatic carbocycles. The van der Waals surface area contributed by atoms with Crippen LogP contribution in [-0.4, -0.2) is 60.1 Å². The van der Waals surface area contributed by atoms with Crippen molar-refractivity contribution in [3.8, 4) is 0 Å². The first-order valence-corrected chi connectivity index (χ1v) is 11.6. The highest BCUT2D eigenvalue weighted by atomic mass is 32.2. The SMILES string of the molecule is CCC.Nc1cncc(C(F)(F)F)n1.O=S(=O)(NCC1OCCC(O)C1O)c1ccccc1. The topological polar surface area (TPSA) is 148 Å². The Morgan fingerprint density at radius 3 is 2.30 bits per heavy atom. The van der Waals surface area contributed by atoms with E-state index < -0.39 is 40.2 Å². The van der Waals surface area contributed by atoms with Gasteiger partial charge in [0.2, 0.25) is 10.0 Å². The van der Waals surface area contributed by atoms with Crippen molar-refractivity contribution in [3.05, 3.63) is 48.4 Å². The van der Waals surface area contributed by atoms with Gasteiger partial charge in [0, 0.05) is 13.2 Å². The van der Waals surface area contributed by atoms with Crippen molar-refractivity contribution in [2.24, 2.45) is 0 Å². The molecule has 1 aliphatic rings. The molecular formula is C20H29F3N4O5S. The lowest BCUT2D eigenvalue weighted by Crippen LogP contribution is -2.49. The quantitative estimate of drug-likeness (QED) is 0.504. The Bertz CT molecular complexity index is 933. The van der Waals surface area contributed by atoms with E-state index in [1.54, 1.807) is 18.2 Å². The molecule has 2 heterocycles. The summed E-state index contributed by atoms with van der Waals surface area (Å²) in [5.74, 6) is -0.236. The highest BCUT2D eigenvalue weighted by Crippen LogP contribution is 2.26. The van der Waals surface area contributed by atoms with Crippen molar-refractivity contribution in [2.45, 2.75) is 56.1 Å². The summed E-state index contributed by atoms with van der Waals surface area (Å²) in [5.41, 5.74) is 3.91. The minimum absolute atomic E-state index is 0.0740. The molecule has 1 aromatic heterocycles. The molecule has 3 atom stereocenters. The maximum Gasteiger partial charge on any atom is 0.434 e. The van der Waals surface area contributed by atoms with Gasteiger partial charge in [-0.25, -0.2) is 18.1 Å². The van der Waals surface area contributed by atoms with E-state index in [1.807, 2.05) is 0 Å².